The quantitative estimate of drug-likeness (QED) is 0.584. The number of alkyl halides is 3. The van der Waals surface area contributed by atoms with Crippen LogP contribution in [0.2, 0.25) is 0 Å². The van der Waals surface area contributed by atoms with E-state index in [4.69, 9.17) is 5.53 Å². The number of halogens is 3. The molecule has 1 aromatic carbocycles. The van der Waals surface area contributed by atoms with E-state index in [1.807, 2.05) is 5.43 Å². The van der Waals surface area contributed by atoms with Gasteiger partial charge in [-0.15, -0.1) is 0 Å². The normalized spacial score (nSPS) is 11.3. The Balaban J connectivity index is 2.25. The molecular weight excluding hydrogens is 283 g/mol. The summed E-state index contributed by atoms with van der Waals surface area (Å²) in [6.45, 7) is 0. The molecule has 0 spiro atoms. The highest BCUT2D eigenvalue weighted by Gasteiger charge is 2.30. The minimum Gasteiger partial charge on any atom is -0.272 e. The van der Waals surface area contributed by atoms with Gasteiger partial charge in [0.1, 0.15) is 0 Å². The molecule has 0 saturated heterocycles. The molecule has 0 unspecified atom stereocenters. The van der Waals surface area contributed by atoms with Gasteiger partial charge >= 0.3 is 12.2 Å². The minimum absolute atomic E-state index is 0.200. The third kappa shape index (κ3) is 2.96. The first-order valence-electron chi connectivity index (χ1n) is 4.81. The zero-order valence-corrected chi connectivity index (χ0v) is 9.89. The van der Waals surface area contributed by atoms with E-state index in [0.717, 1.165) is 23.5 Å². The minimum atomic E-state index is -4.41. The summed E-state index contributed by atoms with van der Waals surface area (Å²) in [7, 11) is 0. The third-order valence-electron chi connectivity index (χ3n) is 2.09. The van der Waals surface area contributed by atoms with Crippen LogP contribution in [0.3, 0.4) is 0 Å². The van der Waals surface area contributed by atoms with Crippen molar-refractivity contribution in [3.63, 3.8) is 0 Å². The van der Waals surface area contributed by atoms with E-state index in [-0.39, 0.29) is 5.13 Å². The Kier molecular flexibility index (Phi) is 3.34. The van der Waals surface area contributed by atoms with Crippen molar-refractivity contribution in [2.75, 3.05) is 5.43 Å². The van der Waals surface area contributed by atoms with E-state index >= 15 is 0 Å². The number of carbonyl (C=O) groups excluding carboxylic acids is 1. The Labute approximate surface area is 108 Å². The molecule has 0 aliphatic heterocycles. The predicted molar refractivity (Wildman–Crippen MR) is 61.9 cm³/mol. The van der Waals surface area contributed by atoms with Crippen molar-refractivity contribution in [1.29, 1.82) is 5.53 Å². The first kappa shape index (κ1) is 13.2. The molecular formula is C9H6F3N5OS. The molecule has 2 amide bonds. The second-order valence-electron chi connectivity index (χ2n) is 3.37. The van der Waals surface area contributed by atoms with Gasteiger partial charge in [0.15, 0.2) is 0 Å². The SMILES string of the molecule is N=NC(=O)NNc1nc2ccc(C(F)(F)F)cc2s1. The zero-order chi connectivity index (χ0) is 14.0. The van der Waals surface area contributed by atoms with Crippen LogP contribution >= 0.6 is 11.3 Å². The smallest absolute Gasteiger partial charge is 0.272 e. The summed E-state index contributed by atoms with van der Waals surface area (Å²) in [5.41, 5.74) is 10.4. The lowest BCUT2D eigenvalue weighted by Gasteiger charge is -2.04. The van der Waals surface area contributed by atoms with Crippen molar-refractivity contribution < 1.29 is 18.0 Å². The molecule has 0 aliphatic rings. The lowest BCUT2D eigenvalue weighted by atomic mass is 10.2. The molecule has 0 radical (unpaired) electrons. The summed E-state index contributed by atoms with van der Waals surface area (Å²) < 4.78 is 37.8. The highest BCUT2D eigenvalue weighted by atomic mass is 32.1. The maximum absolute atomic E-state index is 12.5. The molecule has 0 atom stereocenters. The fourth-order valence-corrected chi connectivity index (χ4v) is 2.15. The van der Waals surface area contributed by atoms with Gasteiger partial charge in [0.2, 0.25) is 5.13 Å². The number of hydrogen-bond acceptors (Lipinski definition) is 5. The van der Waals surface area contributed by atoms with Gasteiger partial charge in [0, 0.05) is 0 Å². The lowest BCUT2D eigenvalue weighted by Crippen LogP contribution is -2.25. The number of amides is 2. The number of aromatic nitrogens is 1. The monoisotopic (exact) mass is 289 g/mol. The number of hydrogen-bond donors (Lipinski definition) is 3. The number of rotatable bonds is 2. The average molecular weight is 289 g/mol. The number of fused-ring (bicyclic) bond motifs is 1. The summed E-state index contributed by atoms with van der Waals surface area (Å²) in [6.07, 6.45) is -4.41. The van der Waals surface area contributed by atoms with Crippen LogP contribution in [0.5, 0.6) is 0 Å². The average Bonchev–Trinajstić information content (AvgIpc) is 2.76. The van der Waals surface area contributed by atoms with Crippen LogP contribution in [0, 0.1) is 5.53 Å². The van der Waals surface area contributed by atoms with Crippen LogP contribution in [0.1, 0.15) is 5.56 Å². The lowest BCUT2D eigenvalue weighted by molar-refractivity contribution is -0.137. The van der Waals surface area contributed by atoms with Crippen LogP contribution in [-0.4, -0.2) is 11.0 Å². The van der Waals surface area contributed by atoms with Crippen molar-refractivity contribution >= 4 is 32.7 Å². The molecule has 10 heteroatoms. The van der Waals surface area contributed by atoms with E-state index in [1.165, 1.54) is 6.07 Å². The van der Waals surface area contributed by atoms with Gasteiger partial charge in [-0.1, -0.05) is 16.5 Å². The Morgan fingerprint density at radius 2 is 2.16 bits per heavy atom. The number of carbonyl (C=O) groups is 1. The summed E-state index contributed by atoms with van der Waals surface area (Å²) in [6, 6.07) is 2.23. The van der Waals surface area contributed by atoms with Gasteiger partial charge in [-0.25, -0.2) is 15.2 Å². The third-order valence-corrected chi connectivity index (χ3v) is 3.03. The van der Waals surface area contributed by atoms with Crippen LogP contribution in [0.15, 0.2) is 23.3 Å². The highest BCUT2D eigenvalue weighted by molar-refractivity contribution is 7.22. The number of urea groups is 1. The van der Waals surface area contributed by atoms with E-state index in [2.05, 4.69) is 15.5 Å². The molecule has 1 aromatic heterocycles. The standard InChI is InChI=1S/C9H6F3N5OS/c10-9(11,12)4-1-2-5-6(3-4)19-8(14-5)17-16-7(18)15-13/h1-3,13H,(H,14,17)(H,16,18). The summed E-state index contributed by atoms with van der Waals surface area (Å²) in [5.74, 6) is 0. The first-order chi connectivity index (χ1) is 8.90. The maximum Gasteiger partial charge on any atom is 0.416 e. The van der Waals surface area contributed by atoms with Crippen LogP contribution in [-0.2, 0) is 6.18 Å². The fourth-order valence-electron chi connectivity index (χ4n) is 1.29. The fraction of sp³-hybridized carbons (Fsp3) is 0.111. The van der Waals surface area contributed by atoms with Crippen molar-refractivity contribution in [1.82, 2.24) is 10.4 Å². The van der Waals surface area contributed by atoms with E-state index in [1.54, 1.807) is 0 Å². The van der Waals surface area contributed by atoms with Gasteiger partial charge in [-0.2, -0.15) is 18.7 Å². The van der Waals surface area contributed by atoms with Crippen molar-refractivity contribution in [3.8, 4) is 0 Å². The summed E-state index contributed by atoms with van der Waals surface area (Å²) in [5, 5.41) is 2.77. The largest absolute Gasteiger partial charge is 0.416 e. The molecule has 3 N–H and O–H groups in total. The van der Waals surface area contributed by atoms with Gasteiger partial charge in [-0.3, -0.25) is 5.43 Å². The van der Waals surface area contributed by atoms with Gasteiger partial charge < -0.3 is 0 Å². The topological polar surface area (TPSA) is 90.2 Å². The van der Waals surface area contributed by atoms with Crippen molar-refractivity contribution in [2.45, 2.75) is 6.18 Å². The molecule has 0 aliphatic carbocycles. The zero-order valence-electron chi connectivity index (χ0n) is 9.08. The molecule has 100 valence electrons. The van der Waals surface area contributed by atoms with Crippen molar-refractivity contribution in [2.24, 2.45) is 5.11 Å². The summed E-state index contributed by atoms with van der Waals surface area (Å²) >= 11 is 0.940. The number of nitrogens with one attached hydrogen (secondary N) is 3. The molecule has 2 rings (SSSR count). The Morgan fingerprint density at radius 1 is 1.42 bits per heavy atom. The van der Waals surface area contributed by atoms with Gasteiger partial charge in [0.05, 0.1) is 15.8 Å². The molecule has 0 fully saturated rings. The Hall–Kier alpha value is -2.23. The molecule has 0 saturated carbocycles. The maximum atomic E-state index is 12.5. The van der Waals surface area contributed by atoms with E-state index in [0.29, 0.717) is 10.2 Å². The molecule has 19 heavy (non-hydrogen) atoms. The second kappa shape index (κ2) is 4.80. The predicted octanol–water partition coefficient (Wildman–Crippen LogP) is 3.38. The molecule has 2 aromatic rings. The molecule has 6 nitrogen and oxygen atoms in total. The number of hydrazine groups is 1. The Morgan fingerprint density at radius 3 is 2.79 bits per heavy atom. The van der Waals surface area contributed by atoms with Crippen LogP contribution in [0.4, 0.5) is 23.1 Å². The van der Waals surface area contributed by atoms with Gasteiger partial charge in [-0.05, 0) is 18.2 Å². The van der Waals surface area contributed by atoms with E-state index < -0.39 is 17.8 Å². The highest BCUT2D eigenvalue weighted by Crippen LogP contribution is 2.34. The number of benzene rings is 1. The molecule has 0 bridgehead atoms. The van der Waals surface area contributed by atoms with Crippen LogP contribution < -0.4 is 10.9 Å². The van der Waals surface area contributed by atoms with E-state index in [9.17, 15) is 18.0 Å². The second-order valence-corrected chi connectivity index (χ2v) is 4.40. The molecule has 1 heterocycles. The number of thiazole rings is 1. The van der Waals surface area contributed by atoms with Crippen molar-refractivity contribution in [3.05, 3.63) is 23.8 Å². The Bertz CT molecular complexity index is 638. The van der Waals surface area contributed by atoms with Crippen LogP contribution in [0.25, 0.3) is 10.2 Å². The van der Waals surface area contributed by atoms with Gasteiger partial charge in [0.25, 0.3) is 0 Å². The number of nitrogens with zero attached hydrogens (tertiary/aromatic N) is 2. The summed E-state index contributed by atoms with van der Waals surface area (Å²) in [4.78, 5) is 14.7. The first-order valence-corrected chi connectivity index (χ1v) is 5.63. The number of anilines is 1.